The van der Waals surface area contributed by atoms with Crippen molar-refractivity contribution in [3.8, 4) is 0 Å². The highest BCUT2D eigenvalue weighted by Crippen LogP contribution is 2.20. The molecule has 4 heteroatoms. The van der Waals surface area contributed by atoms with E-state index in [1.807, 2.05) is 25.2 Å². The Labute approximate surface area is 100 Å². The van der Waals surface area contributed by atoms with E-state index in [1.54, 1.807) is 11.8 Å². The molecule has 0 aliphatic heterocycles. The second kappa shape index (κ2) is 5.37. The predicted octanol–water partition coefficient (Wildman–Crippen LogP) is 2.65. The second-order valence-electron chi connectivity index (χ2n) is 3.76. The zero-order valence-electron chi connectivity index (χ0n) is 9.66. The molecule has 1 unspecified atom stereocenters. The van der Waals surface area contributed by atoms with Crippen molar-refractivity contribution in [1.29, 1.82) is 0 Å². The van der Waals surface area contributed by atoms with E-state index in [0.29, 0.717) is 6.04 Å². The number of rotatable bonds is 5. The number of benzene rings is 1. The molecular weight excluding hydrogens is 218 g/mol. The van der Waals surface area contributed by atoms with E-state index >= 15 is 0 Å². The number of aromatic amines is 1. The molecule has 0 aliphatic rings. The first-order valence-corrected chi connectivity index (χ1v) is 6.57. The molecule has 2 rings (SSSR count). The number of nitrogens with one attached hydrogen (secondary N) is 2. The van der Waals surface area contributed by atoms with Crippen LogP contribution < -0.4 is 5.32 Å². The largest absolute Gasteiger partial charge is 0.333 e. The van der Waals surface area contributed by atoms with Crippen molar-refractivity contribution in [1.82, 2.24) is 15.3 Å². The lowest BCUT2D eigenvalue weighted by molar-refractivity contribution is 0.601. The molecule has 86 valence electrons. The Morgan fingerprint density at radius 1 is 1.44 bits per heavy atom. The van der Waals surface area contributed by atoms with Crippen LogP contribution in [-0.4, -0.2) is 28.8 Å². The summed E-state index contributed by atoms with van der Waals surface area (Å²) in [4.78, 5) is 7.86. The first-order chi connectivity index (χ1) is 7.83. The Morgan fingerprint density at radius 2 is 2.25 bits per heavy atom. The number of H-pyrrole nitrogens is 1. The van der Waals surface area contributed by atoms with Gasteiger partial charge in [-0.05, 0) is 25.6 Å². The summed E-state index contributed by atoms with van der Waals surface area (Å²) in [5.74, 6) is 1.05. The molecule has 16 heavy (non-hydrogen) atoms. The van der Waals surface area contributed by atoms with Crippen molar-refractivity contribution in [3.63, 3.8) is 0 Å². The summed E-state index contributed by atoms with van der Waals surface area (Å²) >= 11 is 1.77. The van der Waals surface area contributed by atoms with Gasteiger partial charge in [-0.15, -0.1) is 0 Å². The van der Waals surface area contributed by atoms with Gasteiger partial charge in [-0.1, -0.05) is 30.8 Å². The Bertz CT molecular complexity index is 415. The first kappa shape index (κ1) is 11.5. The molecule has 0 saturated heterocycles. The minimum Gasteiger partial charge on any atom is -0.333 e. The summed E-state index contributed by atoms with van der Waals surface area (Å²) in [5, 5.41) is 4.30. The van der Waals surface area contributed by atoms with Gasteiger partial charge in [0.05, 0.1) is 11.0 Å². The third-order valence-electron chi connectivity index (χ3n) is 2.69. The number of hydrogen-bond acceptors (Lipinski definition) is 3. The normalized spacial score (nSPS) is 13.1. The Kier molecular flexibility index (Phi) is 3.85. The maximum atomic E-state index is 4.53. The quantitative estimate of drug-likeness (QED) is 0.783. The van der Waals surface area contributed by atoms with Crippen molar-refractivity contribution in [2.75, 3.05) is 12.8 Å². The van der Waals surface area contributed by atoms with Crippen LogP contribution in [-0.2, 0) is 0 Å². The summed E-state index contributed by atoms with van der Waals surface area (Å²) in [5.41, 5.74) is 2.16. The highest BCUT2D eigenvalue weighted by atomic mass is 32.2. The van der Waals surface area contributed by atoms with Crippen LogP contribution >= 0.6 is 11.8 Å². The van der Waals surface area contributed by atoms with Crippen LogP contribution in [0.25, 0.3) is 11.0 Å². The lowest BCUT2D eigenvalue weighted by Crippen LogP contribution is -2.26. The van der Waals surface area contributed by atoms with Gasteiger partial charge in [0.25, 0.3) is 0 Å². The molecule has 0 radical (unpaired) electrons. The van der Waals surface area contributed by atoms with Gasteiger partial charge in [-0.25, -0.2) is 4.98 Å². The number of imidazole rings is 1. The van der Waals surface area contributed by atoms with Gasteiger partial charge in [0.2, 0.25) is 0 Å². The lowest BCUT2D eigenvalue weighted by Gasteiger charge is -2.11. The van der Waals surface area contributed by atoms with Gasteiger partial charge in [0.15, 0.2) is 5.16 Å². The summed E-state index contributed by atoms with van der Waals surface area (Å²) in [7, 11) is 2.01. The summed E-state index contributed by atoms with van der Waals surface area (Å²) in [6, 6.07) is 8.68. The zero-order chi connectivity index (χ0) is 11.4. The number of nitrogens with zero attached hydrogens (tertiary/aromatic N) is 1. The van der Waals surface area contributed by atoms with Crippen LogP contribution in [0.5, 0.6) is 0 Å². The van der Waals surface area contributed by atoms with Gasteiger partial charge >= 0.3 is 0 Å². The SMILES string of the molecule is CCC(CSc1nc2ccccc2[nH]1)NC. The molecule has 0 bridgehead atoms. The van der Waals surface area contributed by atoms with E-state index in [-0.39, 0.29) is 0 Å². The number of para-hydroxylation sites is 2. The van der Waals surface area contributed by atoms with Crippen LogP contribution in [0, 0.1) is 0 Å². The van der Waals surface area contributed by atoms with E-state index in [0.717, 1.165) is 28.4 Å². The molecule has 0 aliphatic carbocycles. The fraction of sp³-hybridized carbons (Fsp3) is 0.417. The highest BCUT2D eigenvalue weighted by Gasteiger charge is 2.06. The van der Waals surface area contributed by atoms with Crippen LogP contribution in [0.4, 0.5) is 0 Å². The maximum Gasteiger partial charge on any atom is 0.166 e. The molecule has 1 aromatic heterocycles. The Balaban J connectivity index is 2.04. The van der Waals surface area contributed by atoms with E-state index in [1.165, 1.54) is 0 Å². The third-order valence-corrected chi connectivity index (χ3v) is 3.73. The number of hydrogen-bond donors (Lipinski definition) is 2. The molecule has 2 N–H and O–H groups in total. The van der Waals surface area contributed by atoms with Gasteiger partial charge < -0.3 is 10.3 Å². The van der Waals surface area contributed by atoms with Crippen LogP contribution in [0.1, 0.15) is 13.3 Å². The van der Waals surface area contributed by atoms with Gasteiger partial charge in [-0.3, -0.25) is 0 Å². The molecule has 3 nitrogen and oxygen atoms in total. The van der Waals surface area contributed by atoms with Gasteiger partial charge in [0, 0.05) is 11.8 Å². The molecule has 2 aromatic rings. The van der Waals surface area contributed by atoms with Gasteiger partial charge in [-0.2, -0.15) is 0 Å². The van der Waals surface area contributed by atoms with E-state index < -0.39 is 0 Å². The Morgan fingerprint density at radius 3 is 2.94 bits per heavy atom. The summed E-state index contributed by atoms with van der Waals surface area (Å²) < 4.78 is 0. The minimum atomic E-state index is 0.554. The zero-order valence-corrected chi connectivity index (χ0v) is 10.5. The fourth-order valence-corrected chi connectivity index (χ4v) is 2.69. The topological polar surface area (TPSA) is 40.7 Å². The van der Waals surface area contributed by atoms with Crippen molar-refractivity contribution in [2.24, 2.45) is 0 Å². The third kappa shape index (κ3) is 2.57. The number of aromatic nitrogens is 2. The minimum absolute atomic E-state index is 0.554. The fourth-order valence-electron chi connectivity index (χ4n) is 1.58. The molecule has 1 aromatic carbocycles. The van der Waals surface area contributed by atoms with Crippen molar-refractivity contribution in [2.45, 2.75) is 24.5 Å². The standard InChI is InChI=1S/C12H17N3S/c1-3-9(13-2)8-16-12-14-10-6-4-5-7-11(10)15-12/h4-7,9,13H,3,8H2,1-2H3,(H,14,15). The average molecular weight is 235 g/mol. The van der Waals surface area contributed by atoms with Crippen LogP contribution in [0.3, 0.4) is 0 Å². The van der Waals surface area contributed by atoms with E-state index in [9.17, 15) is 0 Å². The van der Waals surface area contributed by atoms with Gasteiger partial charge in [0.1, 0.15) is 0 Å². The molecular formula is C12H17N3S. The highest BCUT2D eigenvalue weighted by molar-refractivity contribution is 7.99. The molecule has 0 spiro atoms. The van der Waals surface area contributed by atoms with E-state index in [2.05, 4.69) is 28.3 Å². The Hall–Kier alpha value is -1.00. The monoisotopic (exact) mass is 235 g/mol. The summed E-state index contributed by atoms with van der Waals surface area (Å²) in [6.45, 7) is 2.19. The van der Waals surface area contributed by atoms with Crippen molar-refractivity contribution in [3.05, 3.63) is 24.3 Å². The number of fused-ring (bicyclic) bond motifs is 1. The van der Waals surface area contributed by atoms with Crippen LogP contribution in [0.15, 0.2) is 29.4 Å². The van der Waals surface area contributed by atoms with E-state index in [4.69, 9.17) is 0 Å². The van der Waals surface area contributed by atoms with Crippen molar-refractivity contribution < 1.29 is 0 Å². The molecule has 0 fully saturated rings. The molecule has 0 saturated carbocycles. The molecule has 0 amide bonds. The summed E-state index contributed by atoms with van der Waals surface area (Å²) in [6.07, 6.45) is 1.14. The first-order valence-electron chi connectivity index (χ1n) is 5.58. The smallest absolute Gasteiger partial charge is 0.166 e. The maximum absolute atomic E-state index is 4.53. The second-order valence-corrected chi connectivity index (χ2v) is 4.77. The average Bonchev–Trinajstić information content (AvgIpc) is 2.73. The molecule has 1 atom stereocenters. The lowest BCUT2D eigenvalue weighted by atomic mass is 10.3. The molecule has 1 heterocycles. The predicted molar refractivity (Wildman–Crippen MR) is 70.0 cm³/mol. The number of thioether (sulfide) groups is 1. The van der Waals surface area contributed by atoms with Crippen molar-refractivity contribution >= 4 is 22.8 Å². The van der Waals surface area contributed by atoms with Crippen LogP contribution in [0.2, 0.25) is 0 Å².